The van der Waals surface area contributed by atoms with Crippen LogP contribution in [0.1, 0.15) is 0 Å². The Morgan fingerprint density at radius 3 is 1.26 bits per heavy atom. The van der Waals surface area contributed by atoms with Gasteiger partial charge in [-0.1, -0.05) is 152 Å². The van der Waals surface area contributed by atoms with Gasteiger partial charge in [-0.3, -0.25) is 0 Å². The van der Waals surface area contributed by atoms with Gasteiger partial charge in [0.1, 0.15) is 0 Å². The predicted octanol–water partition coefficient (Wildman–Crippen LogP) is 11.0. The summed E-state index contributed by atoms with van der Waals surface area (Å²) in [6.07, 6.45) is 0. The normalized spacial score (nSPS) is 11.5. The van der Waals surface area contributed by atoms with Gasteiger partial charge >= 0.3 is 0 Å². The second-order valence-electron chi connectivity index (χ2n) is 11.7. The summed E-state index contributed by atoms with van der Waals surface area (Å²) in [5.41, 5.74) is 12.8. The van der Waals surface area contributed by atoms with Gasteiger partial charge in [0.05, 0.1) is 0 Å². The minimum Gasteiger partial charge on any atom is -0.208 e. The van der Waals surface area contributed by atoms with Gasteiger partial charge in [-0.2, -0.15) is 0 Å². The maximum atomic E-state index is 4.98. The van der Waals surface area contributed by atoms with Crippen molar-refractivity contribution in [1.82, 2.24) is 15.0 Å². The van der Waals surface area contributed by atoms with E-state index in [0.717, 1.165) is 27.8 Å². The van der Waals surface area contributed by atoms with Crippen molar-refractivity contribution in [3.05, 3.63) is 164 Å². The van der Waals surface area contributed by atoms with E-state index in [1.54, 1.807) is 0 Å². The lowest BCUT2D eigenvalue weighted by Crippen LogP contribution is -2.00. The Hall–Kier alpha value is -6.19. The summed E-state index contributed by atoms with van der Waals surface area (Å²) in [6, 6.07) is 57.5. The van der Waals surface area contributed by atoms with E-state index in [2.05, 4.69) is 127 Å². The van der Waals surface area contributed by atoms with E-state index in [9.17, 15) is 0 Å². The highest BCUT2D eigenvalue weighted by molar-refractivity contribution is 6.16. The third-order valence-corrected chi connectivity index (χ3v) is 8.88. The monoisotopic (exact) mass is 585 g/mol. The van der Waals surface area contributed by atoms with Crippen LogP contribution >= 0.6 is 0 Å². The fraction of sp³-hybridized carbons (Fsp3) is 0. The number of aromatic nitrogens is 3. The fourth-order valence-electron chi connectivity index (χ4n) is 6.59. The van der Waals surface area contributed by atoms with Crippen molar-refractivity contribution in [2.24, 2.45) is 0 Å². The third-order valence-electron chi connectivity index (χ3n) is 8.88. The van der Waals surface area contributed by atoms with E-state index < -0.39 is 0 Å². The molecule has 0 fully saturated rings. The molecule has 1 heterocycles. The van der Waals surface area contributed by atoms with Crippen molar-refractivity contribution in [2.45, 2.75) is 0 Å². The van der Waals surface area contributed by atoms with Crippen molar-refractivity contribution >= 4 is 10.8 Å². The molecule has 3 nitrogen and oxygen atoms in total. The summed E-state index contributed by atoms with van der Waals surface area (Å²) in [5.74, 6) is 1.96. The first-order chi connectivity index (χ1) is 22.8. The number of hydrogen-bond donors (Lipinski definition) is 0. The quantitative estimate of drug-likeness (QED) is 0.202. The highest BCUT2D eigenvalue weighted by Gasteiger charge is 2.21. The Labute approximate surface area is 267 Å². The Morgan fingerprint density at radius 2 is 0.674 bits per heavy atom. The maximum Gasteiger partial charge on any atom is 0.164 e. The molecule has 0 saturated heterocycles. The van der Waals surface area contributed by atoms with E-state index in [-0.39, 0.29) is 0 Å². The molecule has 0 saturated carbocycles. The zero-order valence-corrected chi connectivity index (χ0v) is 24.9. The van der Waals surface area contributed by atoms with Crippen molar-refractivity contribution < 1.29 is 0 Å². The average molecular weight is 586 g/mol. The number of nitrogens with zero attached hydrogens (tertiary/aromatic N) is 3. The molecule has 1 aliphatic carbocycles. The minimum absolute atomic E-state index is 0.651. The molecule has 0 N–H and O–H groups in total. The van der Waals surface area contributed by atoms with Crippen LogP contribution < -0.4 is 0 Å². The zero-order valence-electron chi connectivity index (χ0n) is 24.9. The minimum atomic E-state index is 0.651. The van der Waals surface area contributed by atoms with Crippen LogP contribution in [0, 0.1) is 0 Å². The van der Waals surface area contributed by atoms with Crippen molar-refractivity contribution in [2.75, 3.05) is 0 Å². The maximum absolute atomic E-state index is 4.98. The Bertz CT molecular complexity index is 2380. The SMILES string of the molecule is c1ccc(-c2ccc(-c3nc(-c4ccccc4)nc(-c4ccc(-c5cc6c7c(cccc7c5)-c5ccccc5-6)cc4)n3)cc2)cc1. The molecule has 3 heteroatoms. The smallest absolute Gasteiger partial charge is 0.164 e. The molecule has 7 aromatic carbocycles. The molecular formula is C43H27N3. The average Bonchev–Trinajstić information content (AvgIpc) is 3.47. The van der Waals surface area contributed by atoms with Crippen molar-refractivity contribution in [3.8, 4) is 78.7 Å². The van der Waals surface area contributed by atoms with Gasteiger partial charge in [-0.05, 0) is 67.4 Å². The predicted molar refractivity (Wildman–Crippen MR) is 189 cm³/mol. The molecule has 0 atom stereocenters. The summed E-state index contributed by atoms with van der Waals surface area (Å²) < 4.78 is 0. The van der Waals surface area contributed by atoms with Gasteiger partial charge in [0.25, 0.3) is 0 Å². The first-order valence-electron chi connectivity index (χ1n) is 15.5. The highest BCUT2D eigenvalue weighted by Crippen LogP contribution is 2.48. The van der Waals surface area contributed by atoms with Gasteiger partial charge in [-0.15, -0.1) is 0 Å². The molecule has 0 bridgehead atoms. The van der Waals surface area contributed by atoms with E-state index in [4.69, 9.17) is 15.0 Å². The van der Waals surface area contributed by atoms with E-state index in [0.29, 0.717) is 17.5 Å². The Balaban J connectivity index is 1.11. The first kappa shape index (κ1) is 26.2. The lowest BCUT2D eigenvalue weighted by atomic mass is 9.95. The third kappa shape index (κ3) is 4.49. The van der Waals surface area contributed by atoms with Gasteiger partial charge in [0.15, 0.2) is 17.5 Å². The number of hydrogen-bond acceptors (Lipinski definition) is 3. The van der Waals surface area contributed by atoms with Crippen LogP contribution in [0.2, 0.25) is 0 Å². The van der Waals surface area contributed by atoms with Gasteiger partial charge < -0.3 is 0 Å². The van der Waals surface area contributed by atoms with E-state index >= 15 is 0 Å². The lowest BCUT2D eigenvalue weighted by molar-refractivity contribution is 1.07. The molecule has 214 valence electrons. The van der Waals surface area contributed by atoms with Crippen LogP contribution in [0.15, 0.2) is 164 Å². The summed E-state index contributed by atoms with van der Waals surface area (Å²) >= 11 is 0. The summed E-state index contributed by atoms with van der Waals surface area (Å²) in [6.45, 7) is 0. The number of fused-ring (bicyclic) bond motifs is 3. The number of benzene rings is 7. The molecule has 0 aliphatic heterocycles. The molecule has 0 radical (unpaired) electrons. The van der Waals surface area contributed by atoms with Gasteiger partial charge in [-0.25, -0.2) is 15.0 Å². The van der Waals surface area contributed by atoms with Crippen LogP contribution in [-0.4, -0.2) is 15.0 Å². The second kappa shape index (κ2) is 10.8. The summed E-state index contributed by atoms with van der Waals surface area (Å²) in [7, 11) is 0. The first-order valence-corrected chi connectivity index (χ1v) is 15.5. The summed E-state index contributed by atoms with van der Waals surface area (Å²) in [4.78, 5) is 14.8. The van der Waals surface area contributed by atoms with Crippen LogP contribution in [-0.2, 0) is 0 Å². The van der Waals surface area contributed by atoms with E-state index in [1.807, 2.05) is 36.4 Å². The fourth-order valence-corrected chi connectivity index (χ4v) is 6.59. The lowest BCUT2D eigenvalue weighted by Gasteiger charge is -2.11. The molecule has 9 rings (SSSR count). The topological polar surface area (TPSA) is 38.7 Å². The zero-order chi connectivity index (χ0) is 30.5. The standard InChI is InChI=1S/C43H27N3/c1-3-10-28(11-4-1)29-18-22-32(23-19-29)42-44-41(31-12-5-2-6-13-31)45-43(46-42)33-24-20-30(21-25-33)35-26-34-14-9-17-38-36-15-7-8-16-37(36)39(27-35)40(34)38/h1-27H. The van der Waals surface area contributed by atoms with Crippen LogP contribution in [0.5, 0.6) is 0 Å². The highest BCUT2D eigenvalue weighted by atomic mass is 15.0. The van der Waals surface area contributed by atoms with Gasteiger partial charge in [0, 0.05) is 16.7 Å². The number of rotatable bonds is 5. The van der Waals surface area contributed by atoms with Crippen molar-refractivity contribution in [3.63, 3.8) is 0 Å². The van der Waals surface area contributed by atoms with Crippen LogP contribution in [0.4, 0.5) is 0 Å². The molecule has 8 aromatic rings. The molecule has 0 spiro atoms. The molecule has 0 unspecified atom stereocenters. The van der Waals surface area contributed by atoms with Crippen LogP contribution in [0.25, 0.3) is 89.4 Å². The molecular weight excluding hydrogens is 558 g/mol. The van der Waals surface area contributed by atoms with Crippen molar-refractivity contribution in [1.29, 1.82) is 0 Å². The Kier molecular flexibility index (Phi) is 6.14. The molecule has 1 aromatic heterocycles. The summed E-state index contributed by atoms with van der Waals surface area (Å²) in [5, 5.41) is 2.60. The Morgan fingerprint density at radius 1 is 0.261 bits per heavy atom. The molecule has 1 aliphatic rings. The molecule has 0 amide bonds. The molecule has 46 heavy (non-hydrogen) atoms. The van der Waals surface area contributed by atoms with Crippen LogP contribution in [0.3, 0.4) is 0 Å². The van der Waals surface area contributed by atoms with Gasteiger partial charge in [0.2, 0.25) is 0 Å². The second-order valence-corrected chi connectivity index (χ2v) is 11.7. The van der Waals surface area contributed by atoms with E-state index in [1.165, 1.54) is 44.2 Å². The largest absolute Gasteiger partial charge is 0.208 e.